The van der Waals surface area contributed by atoms with E-state index in [1.165, 1.54) is 0 Å². The summed E-state index contributed by atoms with van der Waals surface area (Å²) in [5, 5.41) is 5.52. The van der Waals surface area contributed by atoms with E-state index in [0.717, 1.165) is 34.2 Å². The van der Waals surface area contributed by atoms with Crippen LogP contribution in [0, 0.1) is 6.92 Å². The summed E-state index contributed by atoms with van der Waals surface area (Å²) >= 11 is 3.50. The first-order valence-electron chi connectivity index (χ1n) is 8.09. The number of likely N-dealkylation sites (tertiary alicyclic amines) is 1. The summed E-state index contributed by atoms with van der Waals surface area (Å²) in [4.78, 5) is 22.7. The molecular formula is C16H22BrN5O2. The zero-order valence-corrected chi connectivity index (χ0v) is 16.0. The van der Waals surface area contributed by atoms with Gasteiger partial charge in [-0.15, -0.1) is 0 Å². The summed E-state index contributed by atoms with van der Waals surface area (Å²) < 4.78 is 8.14. The van der Waals surface area contributed by atoms with E-state index in [9.17, 15) is 4.79 Å². The maximum absolute atomic E-state index is 12.4. The first kappa shape index (κ1) is 17.1. The van der Waals surface area contributed by atoms with Crippen LogP contribution in [0.25, 0.3) is 11.0 Å². The van der Waals surface area contributed by atoms with E-state index in [-0.39, 0.29) is 12.1 Å². The highest BCUT2D eigenvalue weighted by molar-refractivity contribution is 9.10. The highest BCUT2D eigenvalue weighted by Gasteiger charge is 2.30. The van der Waals surface area contributed by atoms with Gasteiger partial charge in [0.25, 0.3) is 0 Å². The number of rotatable bonds is 1. The van der Waals surface area contributed by atoms with Crippen molar-refractivity contribution < 1.29 is 9.53 Å². The molecule has 1 aliphatic heterocycles. The van der Waals surface area contributed by atoms with Crippen LogP contribution in [-0.2, 0) is 4.74 Å². The van der Waals surface area contributed by atoms with Crippen LogP contribution >= 0.6 is 15.9 Å². The monoisotopic (exact) mass is 395 g/mol. The Kier molecular flexibility index (Phi) is 4.50. The van der Waals surface area contributed by atoms with Crippen molar-refractivity contribution in [2.24, 2.45) is 0 Å². The standard InChI is InChI=1S/C16H22BrN5O2/c1-10-12-13(17)20-22(14(12)19-9-18-10)11-6-5-7-21(8-11)15(23)24-16(2,3)4/h9,11H,5-8H2,1-4H3/t11-/m0/s1. The zero-order valence-electron chi connectivity index (χ0n) is 14.4. The number of carbonyl (C=O) groups is 1. The molecule has 1 fully saturated rings. The molecular weight excluding hydrogens is 374 g/mol. The summed E-state index contributed by atoms with van der Waals surface area (Å²) in [7, 11) is 0. The predicted octanol–water partition coefficient (Wildman–Crippen LogP) is 3.47. The predicted molar refractivity (Wildman–Crippen MR) is 93.8 cm³/mol. The van der Waals surface area contributed by atoms with Crippen LogP contribution in [0.4, 0.5) is 4.79 Å². The van der Waals surface area contributed by atoms with E-state index in [1.807, 2.05) is 32.4 Å². The van der Waals surface area contributed by atoms with Crippen molar-refractivity contribution in [3.8, 4) is 0 Å². The summed E-state index contributed by atoms with van der Waals surface area (Å²) in [5.41, 5.74) is 1.19. The third-order valence-corrected chi connectivity index (χ3v) is 4.58. The molecule has 3 heterocycles. The molecule has 0 bridgehead atoms. The molecule has 0 spiro atoms. The van der Waals surface area contributed by atoms with Gasteiger partial charge in [-0.3, -0.25) is 0 Å². The fraction of sp³-hybridized carbons (Fsp3) is 0.625. The van der Waals surface area contributed by atoms with Crippen LogP contribution in [0.15, 0.2) is 10.9 Å². The Bertz CT molecular complexity index is 768. The van der Waals surface area contributed by atoms with Crippen LogP contribution in [0.3, 0.4) is 0 Å². The van der Waals surface area contributed by atoms with Crippen LogP contribution in [0.2, 0.25) is 0 Å². The second kappa shape index (κ2) is 6.31. The van der Waals surface area contributed by atoms with Crippen molar-refractivity contribution in [1.29, 1.82) is 0 Å². The van der Waals surface area contributed by atoms with Crippen LogP contribution in [0.1, 0.15) is 45.3 Å². The maximum atomic E-state index is 12.4. The van der Waals surface area contributed by atoms with E-state index in [2.05, 4.69) is 31.0 Å². The quantitative estimate of drug-likeness (QED) is 0.738. The first-order valence-corrected chi connectivity index (χ1v) is 8.89. The number of halogens is 1. The number of hydrogen-bond donors (Lipinski definition) is 0. The third-order valence-electron chi connectivity index (χ3n) is 4.03. The lowest BCUT2D eigenvalue weighted by molar-refractivity contribution is 0.0169. The van der Waals surface area contributed by atoms with Crippen molar-refractivity contribution in [2.75, 3.05) is 13.1 Å². The lowest BCUT2D eigenvalue weighted by Gasteiger charge is -2.34. The minimum absolute atomic E-state index is 0.0781. The second-order valence-electron chi connectivity index (χ2n) is 7.12. The molecule has 7 nitrogen and oxygen atoms in total. The van der Waals surface area contributed by atoms with Crippen molar-refractivity contribution in [3.63, 3.8) is 0 Å². The molecule has 0 unspecified atom stereocenters. The second-order valence-corrected chi connectivity index (χ2v) is 7.87. The smallest absolute Gasteiger partial charge is 0.410 e. The van der Waals surface area contributed by atoms with Gasteiger partial charge in [-0.1, -0.05) is 0 Å². The van der Waals surface area contributed by atoms with Gasteiger partial charge in [0.1, 0.15) is 16.5 Å². The highest BCUT2D eigenvalue weighted by Crippen LogP contribution is 2.30. The van der Waals surface area contributed by atoms with Crippen molar-refractivity contribution >= 4 is 33.1 Å². The Labute approximate surface area is 149 Å². The number of hydrogen-bond acceptors (Lipinski definition) is 5. The van der Waals surface area contributed by atoms with Gasteiger partial charge >= 0.3 is 6.09 Å². The molecule has 8 heteroatoms. The van der Waals surface area contributed by atoms with Gasteiger partial charge in [-0.05, 0) is 56.5 Å². The Morgan fingerprint density at radius 3 is 2.83 bits per heavy atom. The molecule has 1 aliphatic rings. The molecule has 1 saturated heterocycles. The third kappa shape index (κ3) is 3.38. The maximum Gasteiger partial charge on any atom is 0.410 e. The lowest BCUT2D eigenvalue weighted by Crippen LogP contribution is -2.43. The van der Waals surface area contributed by atoms with Gasteiger partial charge in [-0.2, -0.15) is 5.10 Å². The van der Waals surface area contributed by atoms with Crippen molar-refractivity contribution in [2.45, 2.75) is 52.2 Å². The molecule has 2 aromatic rings. The summed E-state index contributed by atoms with van der Waals surface area (Å²) in [6, 6.07) is 0.0781. The number of nitrogens with zero attached hydrogens (tertiary/aromatic N) is 5. The number of amides is 1. The molecule has 0 aliphatic carbocycles. The van der Waals surface area contributed by atoms with Gasteiger partial charge in [0.15, 0.2) is 5.65 Å². The first-order chi connectivity index (χ1) is 11.3. The van der Waals surface area contributed by atoms with E-state index in [0.29, 0.717) is 13.1 Å². The number of piperidine rings is 1. The van der Waals surface area contributed by atoms with Crippen molar-refractivity contribution in [3.05, 3.63) is 16.6 Å². The molecule has 130 valence electrons. The average molecular weight is 396 g/mol. The molecule has 1 atom stereocenters. The fourth-order valence-corrected chi connectivity index (χ4v) is 3.60. The molecule has 2 aromatic heterocycles. The number of carbonyl (C=O) groups excluding carboxylic acids is 1. The Morgan fingerprint density at radius 1 is 1.38 bits per heavy atom. The Morgan fingerprint density at radius 2 is 2.12 bits per heavy atom. The van der Waals surface area contributed by atoms with Gasteiger partial charge in [-0.25, -0.2) is 19.4 Å². The number of fused-ring (bicyclic) bond motifs is 1. The number of aromatic nitrogens is 4. The minimum Gasteiger partial charge on any atom is -0.444 e. The van der Waals surface area contributed by atoms with Gasteiger partial charge in [0.2, 0.25) is 0 Å². The Balaban J connectivity index is 1.86. The molecule has 0 N–H and O–H groups in total. The molecule has 1 amide bonds. The van der Waals surface area contributed by atoms with E-state index in [1.54, 1.807) is 11.2 Å². The van der Waals surface area contributed by atoms with E-state index >= 15 is 0 Å². The van der Waals surface area contributed by atoms with Crippen LogP contribution < -0.4 is 0 Å². The topological polar surface area (TPSA) is 73.1 Å². The summed E-state index contributed by atoms with van der Waals surface area (Å²) in [5.74, 6) is 0. The van der Waals surface area contributed by atoms with E-state index < -0.39 is 5.60 Å². The molecule has 0 aromatic carbocycles. The van der Waals surface area contributed by atoms with Crippen LogP contribution in [-0.4, -0.2) is 49.4 Å². The van der Waals surface area contributed by atoms with E-state index in [4.69, 9.17) is 4.74 Å². The van der Waals surface area contributed by atoms with Gasteiger partial charge in [0, 0.05) is 13.1 Å². The average Bonchev–Trinajstić information content (AvgIpc) is 2.84. The number of aryl methyl sites for hydroxylation is 1. The number of ether oxygens (including phenoxy) is 1. The zero-order chi connectivity index (χ0) is 17.5. The Hall–Kier alpha value is -1.70. The highest BCUT2D eigenvalue weighted by atomic mass is 79.9. The van der Waals surface area contributed by atoms with Crippen molar-refractivity contribution in [1.82, 2.24) is 24.6 Å². The minimum atomic E-state index is -0.490. The fourth-order valence-electron chi connectivity index (χ4n) is 2.97. The SMILES string of the molecule is Cc1ncnc2c1c(Br)nn2[C@H]1CCCN(C(=O)OC(C)(C)C)C1. The normalized spacial score (nSPS) is 18.9. The molecule has 0 saturated carbocycles. The van der Waals surface area contributed by atoms with Gasteiger partial charge in [0.05, 0.1) is 17.1 Å². The molecule has 0 radical (unpaired) electrons. The summed E-state index contributed by atoms with van der Waals surface area (Å²) in [6.45, 7) is 8.86. The molecule has 3 rings (SSSR count). The summed E-state index contributed by atoms with van der Waals surface area (Å²) in [6.07, 6.45) is 3.14. The van der Waals surface area contributed by atoms with Crippen LogP contribution in [0.5, 0.6) is 0 Å². The molecule has 24 heavy (non-hydrogen) atoms. The lowest BCUT2D eigenvalue weighted by atomic mass is 10.1. The largest absolute Gasteiger partial charge is 0.444 e. The van der Waals surface area contributed by atoms with Gasteiger partial charge < -0.3 is 9.64 Å².